The Kier molecular flexibility index (Phi) is 5.00. The topological polar surface area (TPSA) is 50.9 Å². The third-order valence-corrected chi connectivity index (χ3v) is 3.36. The van der Waals surface area contributed by atoms with Crippen LogP contribution < -0.4 is 11.3 Å². The second kappa shape index (κ2) is 6.74. The van der Waals surface area contributed by atoms with Gasteiger partial charge in [0, 0.05) is 18.4 Å². The monoisotopic (exact) mass is 297 g/mol. The zero-order valence-corrected chi connectivity index (χ0v) is 11.4. The van der Waals surface area contributed by atoms with Crippen molar-refractivity contribution in [2.24, 2.45) is 5.84 Å². The first kappa shape index (κ1) is 14.8. The van der Waals surface area contributed by atoms with Crippen molar-refractivity contribution in [3.8, 4) is 0 Å². The normalized spacial score (nSPS) is 12.4. The minimum atomic E-state index is -0.861. The van der Waals surface area contributed by atoms with Crippen molar-refractivity contribution in [2.45, 2.75) is 18.9 Å². The number of hydrogen-bond donors (Lipinski definition) is 2. The molecule has 1 aromatic carbocycles. The second-order valence-corrected chi connectivity index (χ2v) is 4.89. The molecular weight excluding hydrogens is 284 g/mol. The molecule has 0 amide bonds. The second-order valence-electron chi connectivity index (χ2n) is 4.49. The van der Waals surface area contributed by atoms with Crippen molar-refractivity contribution in [1.82, 2.24) is 10.4 Å². The lowest BCUT2D eigenvalue weighted by Crippen LogP contribution is -2.38. The van der Waals surface area contributed by atoms with Crippen molar-refractivity contribution in [1.29, 1.82) is 0 Å². The van der Waals surface area contributed by atoms with E-state index in [1.165, 1.54) is 12.1 Å². The van der Waals surface area contributed by atoms with Gasteiger partial charge in [0.25, 0.3) is 0 Å². The standard InChI is InChI=1S/C14H14ClF2N3/c15-12-8-19-4-3-10(12)7-11(20-18)5-9-1-2-13(16)14(17)6-9/h1-4,6,8,11,20H,5,7,18H2. The molecule has 0 bridgehead atoms. The van der Waals surface area contributed by atoms with Crippen LogP contribution in [0.15, 0.2) is 36.7 Å². The molecule has 0 saturated heterocycles. The zero-order chi connectivity index (χ0) is 14.5. The Balaban J connectivity index is 2.09. The van der Waals surface area contributed by atoms with Crippen LogP contribution in [0.1, 0.15) is 11.1 Å². The number of halogens is 3. The Morgan fingerprint density at radius 1 is 1.20 bits per heavy atom. The molecule has 0 spiro atoms. The quantitative estimate of drug-likeness (QED) is 0.659. The molecular formula is C14H14ClF2N3. The van der Waals surface area contributed by atoms with Crippen LogP contribution in [0.2, 0.25) is 5.02 Å². The summed E-state index contributed by atoms with van der Waals surface area (Å²) in [5.74, 6) is 3.79. The molecule has 3 nitrogen and oxygen atoms in total. The van der Waals surface area contributed by atoms with Crippen molar-refractivity contribution in [3.05, 3.63) is 64.4 Å². The molecule has 1 unspecified atom stereocenters. The maximum atomic E-state index is 13.2. The van der Waals surface area contributed by atoms with Gasteiger partial charge in [-0.2, -0.15) is 0 Å². The van der Waals surface area contributed by atoms with Gasteiger partial charge >= 0.3 is 0 Å². The minimum absolute atomic E-state index is 0.139. The van der Waals surface area contributed by atoms with Crippen LogP contribution in [-0.4, -0.2) is 11.0 Å². The van der Waals surface area contributed by atoms with Gasteiger partial charge in [0.1, 0.15) is 0 Å². The number of pyridine rings is 1. The SMILES string of the molecule is NNC(Cc1ccc(F)c(F)c1)Cc1ccncc1Cl. The van der Waals surface area contributed by atoms with Crippen LogP contribution in [0, 0.1) is 11.6 Å². The minimum Gasteiger partial charge on any atom is -0.271 e. The number of hydrogen-bond acceptors (Lipinski definition) is 3. The number of nitrogens with zero attached hydrogens (tertiary/aromatic N) is 1. The number of rotatable bonds is 5. The summed E-state index contributed by atoms with van der Waals surface area (Å²) in [6, 6.07) is 5.49. The van der Waals surface area contributed by atoms with Crippen molar-refractivity contribution < 1.29 is 8.78 Å². The number of nitrogens with two attached hydrogens (primary N) is 1. The molecule has 20 heavy (non-hydrogen) atoms. The highest BCUT2D eigenvalue weighted by Crippen LogP contribution is 2.17. The van der Waals surface area contributed by atoms with E-state index in [4.69, 9.17) is 17.4 Å². The molecule has 0 aliphatic heterocycles. The van der Waals surface area contributed by atoms with Crippen LogP contribution in [0.3, 0.4) is 0 Å². The molecule has 2 aromatic rings. The van der Waals surface area contributed by atoms with Crippen LogP contribution in [0.25, 0.3) is 0 Å². The molecule has 0 saturated carbocycles. The largest absolute Gasteiger partial charge is 0.271 e. The van der Waals surface area contributed by atoms with E-state index in [-0.39, 0.29) is 6.04 Å². The zero-order valence-electron chi connectivity index (χ0n) is 10.6. The van der Waals surface area contributed by atoms with E-state index in [0.29, 0.717) is 23.4 Å². The number of aromatic nitrogens is 1. The van der Waals surface area contributed by atoms with Crippen LogP contribution in [0.4, 0.5) is 8.78 Å². The predicted molar refractivity (Wildman–Crippen MR) is 74.1 cm³/mol. The van der Waals surface area contributed by atoms with Crippen LogP contribution >= 0.6 is 11.6 Å². The highest BCUT2D eigenvalue weighted by molar-refractivity contribution is 6.31. The first-order chi connectivity index (χ1) is 9.60. The highest BCUT2D eigenvalue weighted by atomic mass is 35.5. The lowest BCUT2D eigenvalue weighted by Gasteiger charge is -2.16. The fourth-order valence-corrected chi connectivity index (χ4v) is 2.17. The Bertz CT molecular complexity index is 592. The number of benzene rings is 1. The molecule has 2 rings (SSSR count). The summed E-state index contributed by atoms with van der Waals surface area (Å²) < 4.78 is 26.0. The van der Waals surface area contributed by atoms with Crippen molar-refractivity contribution in [2.75, 3.05) is 0 Å². The van der Waals surface area contributed by atoms with Gasteiger partial charge in [0.2, 0.25) is 0 Å². The van der Waals surface area contributed by atoms with E-state index in [9.17, 15) is 8.78 Å². The van der Waals surface area contributed by atoms with E-state index in [0.717, 1.165) is 11.6 Å². The van der Waals surface area contributed by atoms with Crippen molar-refractivity contribution in [3.63, 3.8) is 0 Å². The fraction of sp³-hybridized carbons (Fsp3) is 0.214. The Morgan fingerprint density at radius 2 is 2.00 bits per heavy atom. The maximum absolute atomic E-state index is 13.2. The molecule has 106 valence electrons. The molecule has 1 atom stereocenters. The summed E-state index contributed by atoms with van der Waals surface area (Å²) in [4.78, 5) is 3.91. The third-order valence-electron chi connectivity index (χ3n) is 3.02. The molecule has 1 heterocycles. The van der Waals surface area contributed by atoms with Gasteiger partial charge < -0.3 is 0 Å². The summed E-state index contributed by atoms with van der Waals surface area (Å²) in [6.45, 7) is 0. The van der Waals surface area contributed by atoms with E-state index in [1.807, 2.05) is 0 Å². The number of nitrogens with one attached hydrogen (secondary N) is 1. The molecule has 0 radical (unpaired) electrons. The molecule has 6 heteroatoms. The van der Waals surface area contributed by atoms with Crippen LogP contribution in [-0.2, 0) is 12.8 Å². The van der Waals surface area contributed by atoms with Crippen molar-refractivity contribution >= 4 is 11.6 Å². The van der Waals surface area contributed by atoms with Gasteiger partial charge in [-0.1, -0.05) is 17.7 Å². The van der Waals surface area contributed by atoms with Gasteiger partial charge in [-0.25, -0.2) is 8.78 Å². The van der Waals surface area contributed by atoms with Gasteiger partial charge in [0.15, 0.2) is 11.6 Å². The summed E-state index contributed by atoms with van der Waals surface area (Å²) in [7, 11) is 0. The Morgan fingerprint density at radius 3 is 2.65 bits per heavy atom. The first-order valence-electron chi connectivity index (χ1n) is 6.08. The van der Waals surface area contributed by atoms with Crippen LogP contribution in [0.5, 0.6) is 0 Å². The fourth-order valence-electron chi connectivity index (χ4n) is 1.98. The van der Waals surface area contributed by atoms with E-state index >= 15 is 0 Å². The van der Waals surface area contributed by atoms with E-state index in [1.54, 1.807) is 18.5 Å². The lowest BCUT2D eigenvalue weighted by atomic mass is 10.00. The van der Waals surface area contributed by atoms with E-state index in [2.05, 4.69) is 10.4 Å². The number of hydrazine groups is 1. The molecule has 1 aromatic heterocycles. The maximum Gasteiger partial charge on any atom is 0.159 e. The molecule has 0 aliphatic carbocycles. The highest BCUT2D eigenvalue weighted by Gasteiger charge is 2.12. The van der Waals surface area contributed by atoms with Gasteiger partial charge in [0.05, 0.1) is 5.02 Å². The summed E-state index contributed by atoms with van der Waals surface area (Å²) in [5.41, 5.74) is 4.22. The van der Waals surface area contributed by atoms with E-state index < -0.39 is 11.6 Å². The summed E-state index contributed by atoms with van der Waals surface area (Å²) in [5, 5.41) is 0.554. The summed E-state index contributed by atoms with van der Waals surface area (Å²) in [6.07, 6.45) is 4.23. The predicted octanol–water partition coefficient (Wildman–Crippen LogP) is 2.63. The Labute approximate surface area is 120 Å². The van der Waals surface area contributed by atoms with Gasteiger partial charge in [-0.3, -0.25) is 16.3 Å². The third kappa shape index (κ3) is 3.72. The molecule has 0 fully saturated rings. The van der Waals surface area contributed by atoms with Gasteiger partial charge in [-0.15, -0.1) is 0 Å². The average molecular weight is 298 g/mol. The smallest absolute Gasteiger partial charge is 0.159 e. The molecule has 0 aliphatic rings. The average Bonchev–Trinajstić information content (AvgIpc) is 2.44. The Hall–Kier alpha value is -1.56. The summed E-state index contributed by atoms with van der Waals surface area (Å²) >= 11 is 6.03. The lowest BCUT2D eigenvalue weighted by molar-refractivity contribution is 0.498. The van der Waals surface area contributed by atoms with Gasteiger partial charge in [-0.05, 0) is 42.2 Å². The molecule has 3 N–H and O–H groups in total. The first-order valence-corrected chi connectivity index (χ1v) is 6.46.